The van der Waals surface area contributed by atoms with Crippen LogP contribution in [-0.2, 0) is 5.54 Å². The maximum Gasteiger partial charge on any atom is 0.333 e. The lowest BCUT2D eigenvalue weighted by atomic mass is 9.56. The van der Waals surface area contributed by atoms with Gasteiger partial charge in [0.25, 0.3) is 6.98 Å². The third-order valence-corrected chi connectivity index (χ3v) is 5.48. The molecule has 0 aromatic carbocycles. The number of nitrogens with zero attached hydrogens (tertiary/aromatic N) is 7. The van der Waals surface area contributed by atoms with Gasteiger partial charge in [-0.1, -0.05) is 38.5 Å². The fourth-order valence-corrected chi connectivity index (χ4v) is 4.17. The smallest absolute Gasteiger partial charge is 0.333 e. The summed E-state index contributed by atoms with van der Waals surface area (Å²) in [6.07, 6.45) is 4.04. The minimum atomic E-state index is -0.133. The Morgan fingerprint density at radius 3 is 2.59 bits per heavy atom. The van der Waals surface area contributed by atoms with E-state index in [0.717, 1.165) is 12.5 Å². The quantitative estimate of drug-likeness (QED) is 0.616. The van der Waals surface area contributed by atoms with E-state index in [1.807, 2.05) is 4.68 Å². The molecular weight excluding hydrogens is 276 g/mol. The van der Waals surface area contributed by atoms with Gasteiger partial charge in [0.05, 0.1) is 11.7 Å². The van der Waals surface area contributed by atoms with Gasteiger partial charge in [-0.15, -0.1) is 0 Å². The van der Waals surface area contributed by atoms with E-state index in [0.29, 0.717) is 14.0 Å². The van der Waals surface area contributed by atoms with Gasteiger partial charge in [-0.3, -0.25) is 0 Å². The third kappa shape index (κ3) is 2.09. The second-order valence-corrected chi connectivity index (χ2v) is 7.20. The molecule has 9 heteroatoms. The van der Waals surface area contributed by atoms with Crippen LogP contribution in [0.5, 0.6) is 0 Å². The van der Waals surface area contributed by atoms with E-state index in [-0.39, 0.29) is 11.7 Å². The Morgan fingerprint density at radius 1 is 1.18 bits per heavy atom. The Hall–Kier alpha value is -1.08. The highest BCUT2D eigenvalue weighted by molar-refractivity contribution is 6.73. The molecule has 22 heavy (non-hydrogen) atoms. The third-order valence-electron chi connectivity index (χ3n) is 5.48. The molecule has 0 N–H and O–H groups in total. The van der Waals surface area contributed by atoms with Crippen LogP contribution < -0.4 is 4.81 Å². The number of hydrogen-bond donors (Lipinski definition) is 0. The monoisotopic (exact) mass is 303 g/mol. The highest BCUT2D eigenvalue weighted by Crippen LogP contribution is 2.41. The number of unbranched alkanes of at least 4 members (excludes halogenated alkanes) is 2. The molecule has 0 radical (unpaired) electrons. The molecule has 1 unspecified atom stereocenters. The molecule has 3 heterocycles. The molecule has 0 aliphatic carbocycles. The predicted octanol–water partition coefficient (Wildman–Crippen LogP) is 1.23. The molecule has 0 saturated carbocycles. The molecule has 3 rings (SSSR count). The lowest BCUT2D eigenvalue weighted by molar-refractivity contribution is 0.187. The molecule has 2 aliphatic heterocycles. The van der Waals surface area contributed by atoms with Crippen molar-refractivity contribution in [2.45, 2.75) is 65.4 Å². The Bertz CT molecular complexity index is 534. The zero-order valence-electron chi connectivity index (χ0n) is 14.7. The summed E-state index contributed by atoms with van der Waals surface area (Å²) in [7, 11) is 2.21. The number of tetrazole rings is 1. The SMILES string of the molecule is CCCCCN1B(C)N(C)C2N(B1C)c1nnnn1C2(C)C. The molecular formula is C13H27B2N7. The van der Waals surface area contributed by atoms with E-state index in [4.69, 9.17) is 0 Å². The molecule has 7 nitrogen and oxygen atoms in total. The summed E-state index contributed by atoms with van der Waals surface area (Å²) in [5, 5.41) is 12.4. The maximum absolute atomic E-state index is 4.29. The van der Waals surface area contributed by atoms with Crippen molar-refractivity contribution in [3.8, 4) is 0 Å². The number of anilines is 1. The Kier molecular flexibility index (Phi) is 3.97. The lowest BCUT2D eigenvalue weighted by Gasteiger charge is -2.53. The Labute approximate surface area is 134 Å². The van der Waals surface area contributed by atoms with E-state index in [2.05, 4.69) is 71.3 Å². The van der Waals surface area contributed by atoms with Crippen molar-refractivity contribution >= 4 is 19.9 Å². The van der Waals surface area contributed by atoms with Crippen molar-refractivity contribution < 1.29 is 0 Å². The first-order chi connectivity index (χ1) is 10.4. The first-order valence-corrected chi connectivity index (χ1v) is 8.46. The van der Waals surface area contributed by atoms with Crippen LogP contribution in [0.2, 0.25) is 13.6 Å². The molecule has 1 aromatic rings. The number of fused-ring (bicyclic) bond motifs is 3. The van der Waals surface area contributed by atoms with Crippen molar-refractivity contribution in [3.05, 3.63) is 0 Å². The standard InChI is InChI=1S/C13H27B2N7/c1-7-8-9-10-20-14(4)19(6)11-13(2,3)22-12(16-17-18-22)21(11)15(20)5/h11H,7-10H2,1-6H3. The summed E-state index contributed by atoms with van der Waals surface area (Å²) < 4.78 is 4.54. The highest BCUT2D eigenvalue weighted by Gasteiger charge is 2.57. The van der Waals surface area contributed by atoms with Gasteiger partial charge in [0, 0.05) is 0 Å². The zero-order valence-corrected chi connectivity index (χ0v) is 14.7. The first-order valence-electron chi connectivity index (χ1n) is 8.46. The molecule has 1 saturated heterocycles. The summed E-state index contributed by atoms with van der Waals surface area (Å²) in [6.45, 7) is 13.1. The zero-order chi connectivity index (χ0) is 16.1. The van der Waals surface area contributed by atoms with Gasteiger partial charge < -0.3 is 14.3 Å². The van der Waals surface area contributed by atoms with Crippen molar-refractivity contribution in [3.63, 3.8) is 0 Å². The van der Waals surface area contributed by atoms with Crippen LogP contribution in [0.15, 0.2) is 0 Å². The predicted molar refractivity (Wildman–Crippen MR) is 90.6 cm³/mol. The summed E-state index contributed by atoms with van der Waals surface area (Å²) in [6, 6.07) is 0. The molecule has 1 atom stereocenters. The number of rotatable bonds is 4. The molecule has 0 spiro atoms. The van der Waals surface area contributed by atoms with Gasteiger partial charge in [-0.05, 0) is 44.3 Å². The van der Waals surface area contributed by atoms with Gasteiger partial charge >= 0.3 is 6.98 Å². The van der Waals surface area contributed by atoms with Gasteiger partial charge in [0.1, 0.15) is 0 Å². The van der Waals surface area contributed by atoms with E-state index >= 15 is 0 Å². The molecule has 0 bridgehead atoms. The maximum atomic E-state index is 4.29. The van der Waals surface area contributed by atoms with Crippen LogP contribution in [0.4, 0.5) is 5.95 Å². The molecule has 1 fully saturated rings. The van der Waals surface area contributed by atoms with Crippen LogP contribution in [-0.4, -0.2) is 63.5 Å². The average Bonchev–Trinajstić information content (AvgIpc) is 3.02. The van der Waals surface area contributed by atoms with Crippen molar-refractivity contribution in [1.29, 1.82) is 0 Å². The minimum Gasteiger partial charge on any atom is -0.353 e. The first kappa shape index (κ1) is 15.8. The lowest BCUT2D eigenvalue weighted by Crippen LogP contribution is -2.75. The number of likely N-dealkylation sites (N-methyl/N-ethyl adjacent to an activating group) is 1. The number of hydrogen-bond acceptors (Lipinski definition) is 6. The van der Waals surface area contributed by atoms with Gasteiger partial charge in [-0.25, -0.2) is 4.68 Å². The van der Waals surface area contributed by atoms with Crippen LogP contribution >= 0.6 is 0 Å². The molecule has 1 aromatic heterocycles. The summed E-state index contributed by atoms with van der Waals surface area (Å²) in [4.78, 5) is 4.83. The summed E-state index contributed by atoms with van der Waals surface area (Å²) in [5.74, 6) is 0.891. The minimum absolute atomic E-state index is 0.133. The van der Waals surface area contributed by atoms with Crippen LogP contribution in [0.1, 0.15) is 40.0 Å². The van der Waals surface area contributed by atoms with E-state index in [1.54, 1.807) is 0 Å². The molecule has 120 valence electrons. The second kappa shape index (κ2) is 5.53. The number of aromatic nitrogens is 4. The second-order valence-electron chi connectivity index (χ2n) is 7.20. The summed E-state index contributed by atoms with van der Waals surface area (Å²) in [5.41, 5.74) is -0.133. The highest BCUT2D eigenvalue weighted by atomic mass is 15.7. The van der Waals surface area contributed by atoms with E-state index in [9.17, 15) is 0 Å². The van der Waals surface area contributed by atoms with Gasteiger partial charge in [-0.2, -0.15) is 0 Å². The van der Waals surface area contributed by atoms with Crippen molar-refractivity contribution in [2.75, 3.05) is 18.4 Å². The van der Waals surface area contributed by atoms with Gasteiger partial charge in [0.15, 0.2) is 0 Å². The van der Waals surface area contributed by atoms with Gasteiger partial charge in [0.2, 0.25) is 5.95 Å². The summed E-state index contributed by atoms with van der Waals surface area (Å²) >= 11 is 0. The fraction of sp³-hybridized carbons (Fsp3) is 0.923. The topological polar surface area (TPSA) is 53.3 Å². The fourth-order valence-electron chi connectivity index (χ4n) is 4.17. The Morgan fingerprint density at radius 2 is 1.91 bits per heavy atom. The van der Waals surface area contributed by atoms with Crippen LogP contribution in [0.25, 0.3) is 0 Å². The van der Waals surface area contributed by atoms with Crippen molar-refractivity contribution in [1.82, 2.24) is 29.7 Å². The molecule has 0 amide bonds. The Balaban J connectivity index is 1.92. The molecule has 2 aliphatic rings. The normalized spacial score (nSPS) is 24.8. The van der Waals surface area contributed by atoms with Crippen LogP contribution in [0, 0.1) is 0 Å². The average molecular weight is 303 g/mol. The van der Waals surface area contributed by atoms with Crippen molar-refractivity contribution in [2.24, 2.45) is 0 Å². The van der Waals surface area contributed by atoms with E-state index < -0.39 is 0 Å². The van der Waals surface area contributed by atoms with Crippen LogP contribution in [0.3, 0.4) is 0 Å². The van der Waals surface area contributed by atoms with E-state index in [1.165, 1.54) is 19.3 Å². The largest absolute Gasteiger partial charge is 0.353 e.